The first-order valence-electron chi connectivity index (χ1n) is 7.33. The summed E-state index contributed by atoms with van der Waals surface area (Å²) < 4.78 is 37.8. The molecule has 0 aliphatic rings. The monoisotopic (exact) mass is 329 g/mol. The van der Waals surface area contributed by atoms with Crippen molar-refractivity contribution in [3.8, 4) is 22.4 Å². The zero-order valence-electron chi connectivity index (χ0n) is 12.8. The normalized spacial score (nSPS) is 11.5. The first-order chi connectivity index (χ1) is 11.4. The molecule has 3 aromatic rings. The summed E-state index contributed by atoms with van der Waals surface area (Å²) in [6.45, 7) is 1.90. The number of hydrogen-bond donors (Lipinski definition) is 1. The highest BCUT2D eigenvalue weighted by Crippen LogP contribution is 2.32. The van der Waals surface area contributed by atoms with Gasteiger partial charge in [-0.1, -0.05) is 48.5 Å². The van der Waals surface area contributed by atoms with Gasteiger partial charge in [0.1, 0.15) is 0 Å². The van der Waals surface area contributed by atoms with Gasteiger partial charge in [0, 0.05) is 23.0 Å². The van der Waals surface area contributed by atoms with E-state index in [1.165, 1.54) is 18.2 Å². The quantitative estimate of drug-likeness (QED) is 0.641. The summed E-state index contributed by atoms with van der Waals surface area (Å²) in [5.74, 6) is -1.84. The van der Waals surface area contributed by atoms with E-state index in [1.807, 2.05) is 43.5 Å². The van der Waals surface area contributed by atoms with Crippen molar-refractivity contribution < 1.29 is 18.0 Å². The highest BCUT2D eigenvalue weighted by atomic mass is 19.4. The second-order valence-electron chi connectivity index (χ2n) is 5.48. The zero-order valence-corrected chi connectivity index (χ0v) is 12.8. The molecule has 2 aromatic carbocycles. The highest BCUT2D eigenvalue weighted by Gasteiger charge is 2.39. The van der Waals surface area contributed by atoms with Crippen LogP contribution in [0, 0.1) is 6.92 Å². The van der Waals surface area contributed by atoms with E-state index in [2.05, 4.69) is 4.98 Å². The summed E-state index contributed by atoms with van der Waals surface area (Å²) in [6.07, 6.45) is -3.06. The molecule has 0 unspecified atom stereocenters. The molecule has 0 aliphatic heterocycles. The molecule has 0 aliphatic carbocycles. The molecule has 1 N–H and O–H groups in total. The lowest BCUT2D eigenvalue weighted by Gasteiger charge is -2.08. The van der Waals surface area contributed by atoms with Gasteiger partial charge in [0.25, 0.3) is 5.78 Å². The maximum absolute atomic E-state index is 12.6. The summed E-state index contributed by atoms with van der Waals surface area (Å²) in [7, 11) is 0. The van der Waals surface area contributed by atoms with E-state index in [0.717, 1.165) is 16.7 Å². The standard InChI is InChI=1S/C19H14F3NO/c1-12-16(13-6-3-2-4-7-13)11-23-17(12)14-8-5-9-15(10-14)18(24)19(20,21)22/h2-11,23H,1H3. The molecule has 0 saturated heterocycles. The number of aromatic nitrogens is 1. The summed E-state index contributed by atoms with van der Waals surface area (Å²) in [5, 5.41) is 0. The van der Waals surface area contributed by atoms with Gasteiger partial charge in [-0.15, -0.1) is 0 Å². The van der Waals surface area contributed by atoms with Crippen LogP contribution in [0.2, 0.25) is 0 Å². The first kappa shape index (κ1) is 16.1. The number of alkyl halides is 3. The lowest BCUT2D eigenvalue weighted by atomic mass is 9.99. The van der Waals surface area contributed by atoms with E-state index in [4.69, 9.17) is 0 Å². The van der Waals surface area contributed by atoms with Crippen LogP contribution >= 0.6 is 0 Å². The second-order valence-corrected chi connectivity index (χ2v) is 5.48. The number of H-pyrrole nitrogens is 1. The molecule has 3 rings (SSSR count). The molecule has 2 nitrogen and oxygen atoms in total. The second kappa shape index (κ2) is 6.00. The minimum atomic E-state index is -4.88. The maximum Gasteiger partial charge on any atom is 0.454 e. The average molecular weight is 329 g/mol. The van der Waals surface area contributed by atoms with Crippen molar-refractivity contribution in [1.82, 2.24) is 4.98 Å². The number of hydrogen-bond acceptors (Lipinski definition) is 1. The molecule has 1 aromatic heterocycles. The number of rotatable bonds is 3. The molecule has 0 fully saturated rings. The van der Waals surface area contributed by atoms with Gasteiger partial charge < -0.3 is 4.98 Å². The van der Waals surface area contributed by atoms with Crippen LogP contribution in [-0.4, -0.2) is 16.9 Å². The molecule has 0 spiro atoms. The Morgan fingerprint density at radius 3 is 2.29 bits per heavy atom. The molecular weight excluding hydrogens is 315 g/mol. The van der Waals surface area contributed by atoms with Crippen molar-refractivity contribution in [1.29, 1.82) is 0 Å². The predicted octanol–water partition coefficient (Wildman–Crippen LogP) is 5.40. The Bertz CT molecular complexity index is 879. The molecule has 122 valence electrons. The van der Waals surface area contributed by atoms with Crippen molar-refractivity contribution in [3.05, 3.63) is 71.9 Å². The fourth-order valence-electron chi connectivity index (χ4n) is 2.69. The van der Waals surface area contributed by atoms with Gasteiger partial charge in [0.15, 0.2) is 0 Å². The molecule has 0 amide bonds. The number of ketones is 1. The van der Waals surface area contributed by atoms with Gasteiger partial charge in [-0.2, -0.15) is 13.2 Å². The fraction of sp³-hybridized carbons (Fsp3) is 0.105. The summed E-state index contributed by atoms with van der Waals surface area (Å²) >= 11 is 0. The van der Waals surface area contributed by atoms with E-state index < -0.39 is 12.0 Å². The number of Topliss-reactive ketones (excluding diaryl/α,β-unsaturated/α-hetero) is 1. The van der Waals surface area contributed by atoms with Crippen LogP contribution < -0.4 is 0 Å². The van der Waals surface area contributed by atoms with Crippen molar-refractivity contribution in [3.63, 3.8) is 0 Å². The first-order valence-corrected chi connectivity index (χ1v) is 7.33. The number of carbonyl (C=O) groups is 1. The number of carbonyl (C=O) groups excluding carboxylic acids is 1. The molecule has 24 heavy (non-hydrogen) atoms. The molecule has 0 atom stereocenters. The minimum absolute atomic E-state index is 0.365. The van der Waals surface area contributed by atoms with Crippen molar-refractivity contribution >= 4 is 5.78 Å². The molecule has 0 radical (unpaired) electrons. The Balaban J connectivity index is 2.02. The fourth-order valence-corrected chi connectivity index (χ4v) is 2.69. The van der Waals surface area contributed by atoms with Gasteiger partial charge in [0.2, 0.25) is 0 Å². The Kier molecular flexibility index (Phi) is 4.01. The third kappa shape index (κ3) is 2.97. The smallest absolute Gasteiger partial charge is 0.360 e. The van der Waals surface area contributed by atoms with Crippen LogP contribution in [0.15, 0.2) is 60.8 Å². The number of benzene rings is 2. The van der Waals surface area contributed by atoms with Gasteiger partial charge in [0.05, 0.1) is 0 Å². The Labute approximate surface area is 137 Å². The van der Waals surface area contributed by atoms with Crippen LogP contribution in [0.25, 0.3) is 22.4 Å². The molecule has 0 saturated carbocycles. The molecule has 5 heteroatoms. The molecule has 0 bridgehead atoms. The minimum Gasteiger partial charge on any atom is -0.360 e. The lowest BCUT2D eigenvalue weighted by molar-refractivity contribution is -0.0885. The lowest BCUT2D eigenvalue weighted by Crippen LogP contribution is -2.22. The summed E-state index contributed by atoms with van der Waals surface area (Å²) in [4.78, 5) is 14.5. The largest absolute Gasteiger partial charge is 0.454 e. The van der Waals surface area contributed by atoms with Gasteiger partial charge >= 0.3 is 6.18 Å². The summed E-state index contributed by atoms with van der Waals surface area (Å²) in [6, 6.07) is 15.3. The van der Waals surface area contributed by atoms with Gasteiger partial charge in [-0.3, -0.25) is 4.79 Å². The molecule has 1 heterocycles. The van der Waals surface area contributed by atoms with E-state index in [1.54, 1.807) is 6.07 Å². The van der Waals surface area contributed by atoms with Crippen LogP contribution in [0.1, 0.15) is 15.9 Å². The van der Waals surface area contributed by atoms with Crippen molar-refractivity contribution in [2.24, 2.45) is 0 Å². The van der Waals surface area contributed by atoms with Crippen molar-refractivity contribution in [2.45, 2.75) is 13.1 Å². The van der Waals surface area contributed by atoms with Crippen LogP contribution in [0.4, 0.5) is 13.2 Å². The molecular formula is C19H14F3NO. The maximum atomic E-state index is 12.6. The SMILES string of the molecule is Cc1c(-c2ccccc2)c[nH]c1-c1cccc(C(=O)C(F)(F)F)c1. The van der Waals surface area contributed by atoms with E-state index >= 15 is 0 Å². The topological polar surface area (TPSA) is 32.9 Å². The van der Waals surface area contributed by atoms with E-state index in [-0.39, 0.29) is 5.56 Å². The van der Waals surface area contributed by atoms with Crippen molar-refractivity contribution in [2.75, 3.05) is 0 Å². The van der Waals surface area contributed by atoms with Crippen LogP contribution in [-0.2, 0) is 0 Å². The third-order valence-electron chi connectivity index (χ3n) is 3.90. The zero-order chi connectivity index (χ0) is 17.3. The Morgan fingerprint density at radius 1 is 0.958 bits per heavy atom. The van der Waals surface area contributed by atoms with E-state index in [0.29, 0.717) is 11.3 Å². The number of aromatic amines is 1. The van der Waals surface area contributed by atoms with Gasteiger partial charge in [-0.05, 0) is 29.7 Å². The van der Waals surface area contributed by atoms with E-state index in [9.17, 15) is 18.0 Å². The van der Waals surface area contributed by atoms with Gasteiger partial charge in [-0.25, -0.2) is 0 Å². The number of halogens is 3. The number of nitrogens with one attached hydrogen (secondary N) is 1. The third-order valence-corrected chi connectivity index (χ3v) is 3.90. The Hall–Kier alpha value is -2.82. The average Bonchev–Trinajstić information content (AvgIpc) is 2.96. The Morgan fingerprint density at radius 2 is 1.62 bits per heavy atom. The summed E-state index contributed by atoms with van der Waals surface area (Å²) in [5.41, 5.74) is 3.78. The predicted molar refractivity (Wildman–Crippen MR) is 86.8 cm³/mol. The highest BCUT2D eigenvalue weighted by molar-refractivity contribution is 6.01. The van der Waals surface area contributed by atoms with Crippen LogP contribution in [0.3, 0.4) is 0 Å². The van der Waals surface area contributed by atoms with Crippen LogP contribution in [0.5, 0.6) is 0 Å².